The van der Waals surface area contributed by atoms with Gasteiger partial charge in [-0.2, -0.15) is 0 Å². The van der Waals surface area contributed by atoms with E-state index >= 15 is 0 Å². The van der Waals surface area contributed by atoms with E-state index in [0.717, 1.165) is 60.5 Å². The summed E-state index contributed by atoms with van der Waals surface area (Å²) in [6.45, 7) is 2.55. The fourth-order valence-corrected chi connectivity index (χ4v) is 4.50. The first-order chi connectivity index (χ1) is 12.2. The lowest BCUT2D eigenvalue weighted by Gasteiger charge is -2.29. The van der Waals surface area contributed by atoms with Gasteiger partial charge in [0.25, 0.3) is 5.56 Å². The first-order valence-electron chi connectivity index (χ1n) is 9.28. The number of H-pyrrole nitrogens is 1. The number of aromatic amines is 1. The standard InChI is InChI=1S/C20H24BrN3O/c21-17-9-5-4-8-15(17)12-24-11-10-16-18(13-24)22-19(23-20(16)25)14-6-2-1-3-7-14/h4-5,8-9,14H,1-3,6-7,10-13H2,(H,22,23,25). The molecule has 1 aliphatic heterocycles. The summed E-state index contributed by atoms with van der Waals surface area (Å²) in [6.07, 6.45) is 6.91. The number of nitrogens with one attached hydrogen (secondary N) is 1. The van der Waals surface area contributed by atoms with Crippen LogP contribution in [0.1, 0.15) is 60.7 Å². The van der Waals surface area contributed by atoms with Crippen LogP contribution in [0.5, 0.6) is 0 Å². The second-order valence-electron chi connectivity index (χ2n) is 7.26. The summed E-state index contributed by atoms with van der Waals surface area (Å²) in [5.41, 5.74) is 3.25. The third-order valence-electron chi connectivity index (χ3n) is 5.51. The predicted molar refractivity (Wildman–Crippen MR) is 103 cm³/mol. The van der Waals surface area contributed by atoms with E-state index in [4.69, 9.17) is 4.98 Å². The van der Waals surface area contributed by atoms with Crippen LogP contribution in [-0.2, 0) is 19.5 Å². The maximum absolute atomic E-state index is 12.5. The SMILES string of the molecule is O=c1[nH]c(C2CCCCC2)nc2c1CCN(Cc1ccccc1Br)C2. The van der Waals surface area contributed by atoms with Crippen molar-refractivity contribution in [2.45, 2.75) is 57.5 Å². The number of benzene rings is 1. The van der Waals surface area contributed by atoms with Gasteiger partial charge in [0, 0.05) is 35.6 Å². The summed E-state index contributed by atoms with van der Waals surface area (Å²) in [4.78, 5) is 22.9. The third-order valence-corrected chi connectivity index (χ3v) is 6.29. The van der Waals surface area contributed by atoms with Crippen LogP contribution in [0.15, 0.2) is 33.5 Å². The normalized spacial score (nSPS) is 18.9. The molecule has 1 aromatic heterocycles. The third kappa shape index (κ3) is 3.72. The van der Waals surface area contributed by atoms with Crippen LogP contribution >= 0.6 is 15.9 Å². The fraction of sp³-hybridized carbons (Fsp3) is 0.500. The Hall–Kier alpha value is -1.46. The molecule has 1 aromatic carbocycles. The van der Waals surface area contributed by atoms with Crippen molar-refractivity contribution >= 4 is 15.9 Å². The van der Waals surface area contributed by atoms with Gasteiger partial charge in [-0.1, -0.05) is 53.4 Å². The van der Waals surface area contributed by atoms with Crippen molar-refractivity contribution in [2.24, 2.45) is 0 Å². The molecule has 2 aliphatic rings. The van der Waals surface area contributed by atoms with E-state index in [1.165, 1.54) is 24.8 Å². The number of aromatic nitrogens is 2. The lowest BCUT2D eigenvalue weighted by molar-refractivity contribution is 0.239. The Morgan fingerprint density at radius 3 is 2.80 bits per heavy atom. The van der Waals surface area contributed by atoms with Crippen LogP contribution < -0.4 is 5.56 Å². The number of hydrogen-bond acceptors (Lipinski definition) is 3. The zero-order chi connectivity index (χ0) is 17.2. The second kappa shape index (κ2) is 7.42. The number of halogens is 1. The van der Waals surface area contributed by atoms with Crippen molar-refractivity contribution in [1.82, 2.24) is 14.9 Å². The predicted octanol–water partition coefficient (Wildman–Crippen LogP) is 4.14. The van der Waals surface area contributed by atoms with E-state index in [-0.39, 0.29) is 5.56 Å². The molecule has 0 saturated heterocycles. The highest BCUT2D eigenvalue weighted by Crippen LogP contribution is 2.31. The van der Waals surface area contributed by atoms with Gasteiger partial charge in [-0.15, -0.1) is 0 Å². The number of nitrogens with zero attached hydrogens (tertiary/aromatic N) is 2. The minimum atomic E-state index is 0.0890. The van der Waals surface area contributed by atoms with E-state index in [1.807, 2.05) is 6.07 Å². The van der Waals surface area contributed by atoms with E-state index in [2.05, 4.69) is 44.0 Å². The number of rotatable bonds is 3. The van der Waals surface area contributed by atoms with Crippen LogP contribution in [0, 0.1) is 0 Å². The van der Waals surface area contributed by atoms with Gasteiger partial charge < -0.3 is 4.98 Å². The molecule has 2 heterocycles. The smallest absolute Gasteiger partial charge is 0.254 e. The highest BCUT2D eigenvalue weighted by atomic mass is 79.9. The number of hydrogen-bond donors (Lipinski definition) is 1. The Bertz CT molecular complexity index is 811. The highest BCUT2D eigenvalue weighted by Gasteiger charge is 2.24. The zero-order valence-corrected chi connectivity index (χ0v) is 16.0. The quantitative estimate of drug-likeness (QED) is 0.840. The molecule has 5 heteroatoms. The van der Waals surface area contributed by atoms with E-state index in [1.54, 1.807) is 0 Å². The topological polar surface area (TPSA) is 49.0 Å². The van der Waals surface area contributed by atoms with Crippen LogP contribution in [0.2, 0.25) is 0 Å². The fourth-order valence-electron chi connectivity index (χ4n) is 4.08. The van der Waals surface area contributed by atoms with Crippen molar-refractivity contribution < 1.29 is 0 Å². The lowest BCUT2D eigenvalue weighted by atomic mass is 9.88. The van der Waals surface area contributed by atoms with Gasteiger partial charge in [0.1, 0.15) is 5.82 Å². The van der Waals surface area contributed by atoms with Crippen LogP contribution in [0.25, 0.3) is 0 Å². The minimum Gasteiger partial charge on any atom is -0.310 e. The van der Waals surface area contributed by atoms with E-state index < -0.39 is 0 Å². The Labute approximate surface area is 156 Å². The van der Waals surface area contributed by atoms with Gasteiger partial charge in [0.05, 0.1) is 5.69 Å². The molecule has 132 valence electrons. The van der Waals surface area contributed by atoms with Crippen molar-refractivity contribution in [3.8, 4) is 0 Å². The summed E-state index contributed by atoms with van der Waals surface area (Å²) >= 11 is 3.63. The molecule has 2 aromatic rings. The molecule has 1 fully saturated rings. The summed E-state index contributed by atoms with van der Waals surface area (Å²) in [7, 11) is 0. The molecule has 1 saturated carbocycles. The maximum atomic E-state index is 12.5. The van der Waals surface area contributed by atoms with E-state index in [0.29, 0.717) is 5.92 Å². The van der Waals surface area contributed by atoms with Crippen molar-refractivity contribution in [1.29, 1.82) is 0 Å². The molecular weight excluding hydrogens is 378 g/mol. The van der Waals surface area contributed by atoms with Crippen molar-refractivity contribution in [3.05, 3.63) is 61.7 Å². The largest absolute Gasteiger partial charge is 0.310 e. The van der Waals surface area contributed by atoms with E-state index in [9.17, 15) is 4.79 Å². The van der Waals surface area contributed by atoms with Crippen LogP contribution in [-0.4, -0.2) is 21.4 Å². The Kier molecular flexibility index (Phi) is 5.04. The average molecular weight is 402 g/mol. The highest BCUT2D eigenvalue weighted by molar-refractivity contribution is 9.10. The Balaban J connectivity index is 1.56. The monoisotopic (exact) mass is 401 g/mol. The molecule has 0 amide bonds. The minimum absolute atomic E-state index is 0.0890. The summed E-state index contributed by atoms with van der Waals surface area (Å²) < 4.78 is 1.14. The summed E-state index contributed by atoms with van der Waals surface area (Å²) in [5.74, 6) is 1.36. The molecule has 0 unspecified atom stereocenters. The second-order valence-corrected chi connectivity index (χ2v) is 8.12. The summed E-state index contributed by atoms with van der Waals surface area (Å²) in [5, 5.41) is 0. The average Bonchev–Trinajstić information content (AvgIpc) is 2.64. The molecule has 1 aliphatic carbocycles. The Morgan fingerprint density at radius 2 is 2.00 bits per heavy atom. The molecule has 0 atom stereocenters. The molecule has 0 radical (unpaired) electrons. The van der Waals surface area contributed by atoms with Crippen molar-refractivity contribution in [2.75, 3.05) is 6.54 Å². The molecule has 4 nitrogen and oxygen atoms in total. The molecular formula is C20H24BrN3O. The maximum Gasteiger partial charge on any atom is 0.254 e. The first kappa shape index (κ1) is 17.0. The van der Waals surface area contributed by atoms with Gasteiger partial charge in [-0.05, 0) is 30.9 Å². The van der Waals surface area contributed by atoms with Gasteiger partial charge >= 0.3 is 0 Å². The Morgan fingerprint density at radius 1 is 1.20 bits per heavy atom. The zero-order valence-electron chi connectivity index (χ0n) is 14.4. The molecule has 25 heavy (non-hydrogen) atoms. The molecule has 0 bridgehead atoms. The lowest BCUT2D eigenvalue weighted by Crippen LogP contribution is -2.35. The van der Waals surface area contributed by atoms with Crippen LogP contribution in [0.4, 0.5) is 0 Å². The van der Waals surface area contributed by atoms with Gasteiger partial charge in [-0.25, -0.2) is 4.98 Å². The first-order valence-corrected chi connectivity index (χ1v) is 10.1. The summed E-state index contributed by atoms with van der Waals surface area (Å²) in [6, 6.07) is 8.34. The number of fused-ring (bicyclic) bond motifs is 1. The molecule has 0 spiro atoms. The molecule has 1 N–H and O–H groups in total. The molecule has 4 rings (SSSR count). The van der Waals surface area contributed by atoms with Crippen LogP contribution in [0.3, 0.4) is 0 Å². The van der Waals surface area contributed by atoms with Gasteiger partial charge in [0.15, 0.2) is 0 Å². The van der Waals surface area contributed by atoms with Crippen molar-refractivity contribution in [3.63, 3.8) is 0 Å². The van der Waals surface area contributed by atoms with Gasteiger partial charge in [0.2, 0.25) is 0 Å². The van der Waals surface area contributed by atoms with Gasteiger partial charge in [-0.3, -0.25) is 9.69 Å².